The average molecular weight is 304 g/mol. The van der Waals surface area contributed by atoms with Crippen LogP contribution >= 0.6 is 0 Å². The minimum Gasteiger partial charge on any atom is -0.293 e. The van der Waals surface area contributed by atoms with E-state index in [1.54, 1.807) is 13.8 Å². The molecule has 0 N–H and O–H groups in total. The van der Waals surface area contributed by atoms with Crippen LogP contribution in [0.1, 0.15) is 24.2 Å². The largest absolute Gasteiger partial charge is 0.401 e. The molecule has 0 bridgehead atoms. The van der Waals surface area contributed by atoms with Crippen LogP contribution < -0.4 is 0 Å². The topological polar surface area (TPSA) is 63.5 Å². The van der Waals surface area contributed by atoms with Gasteiger partial charge in [0.1, 0.15) is 0 Å². The van der Waals surface area contributed by atoms with Crippen molar-refractivity contribution in [2.24, 2.45) is 0 Å². The molecule has 0 aliphatic carbocycles. The van der Waals surface area contributed by atoms with E-state index in [-0.39, 0.29) is 11.3 Å². The molecule has 8 heteroatoms. The van der Waals surface area contributed by atoms with Gasteiger partial charge in [-0.3, -0.25) is 19.8 Å². The maximum atomic E-state index is 12.4. The first-order valence-corrected chi connectivity index (χ1v) is 6.18. The number of nitro benzene ring substituents is 1. The van der Waals surface area contributed by atoms with Crippen molar-refractivity contribution in [1.82, 2.24) is 4.90 Å². The summed E-state index contributed by atoms with van der Waals surface area (Å²) < 4.78 is 37.3. The highest BCUT2D eigenvalue weighted by molar-refractivity contribution is 5.97. The molecule has 0 atom stereocenters. The van der Waals surface area contributed by atoms with Crippen molar-refractivity contribution in [1.29, 1.82) is 0 Å². The molecular weight excluding hydrogens is 289 g/mol. The number of benzene rings is 1. The van der Waals surface area contributed by atoms with Gasteiger partial charge in [-0.05, 0) is 26.0 Å². The number of alkyl halides is 3. The first kappa shape index (κ1) is 17.1. The maximum Gasteiger partial charge on any atom is 0.401 e. The van der Waals surface area contributed by atoms with Crippen LogP contribution in [0.4, 0.5) is 18.9 Å². The number of hydrogen-bond acceptors (Lipinski definition) is 4. The highest BCUT2D eigenvalue weighted by Crippen LogP contribution is 2.19. The zero-order chi connectivity index (χ0) is 16.2. The summed E-state index contributed by atoms with van der Waals surface area (Å²) in [5.41, 5.74) is -0.0315. The Kier molecular flexibility index (Phi) is 5.42. The van der Waals surface area contributed by atoms with Crippen LogP contribution in [0.25, 0.3) is 0 Å². The summed E-state index contributed by atoms with van der Waals surface area (Å²) in [7, 11) is 0. The molecule has 1 aromatic carbocycles. The lowest BCUT2D eigenvalue weighted by Crippen LogP contribution is -2.42. The van der Waals surface area contributed by atoms with Gasteiger partial charge in [0.15, 0.2) is 5.78 Å². The molecule has 1 aromatic rings. The van der Waals surface area contributed by atoms with Crippen LogP contribution in [-0.2, 0) is 0 Å². The summed E-state index contributed by atoms with van der Waals surface area (Å²) in [5.74, 6) is -0.511. The number of halogens is 3. The Morgan fingerprint density at radius 3 is 2.19 bits per heavy atom. The summed E-state index contributed by atoms with van der Waals surface area (Å²) in [5, 5.41) is 10.5. The van der Waals surface area contributed by atoms with Crippen LogP contribution in [0.15, 0.2) is 24.3 Å². The summed E-state index contributed by atoms with van der Waals surface area (Å²) >= 11 is 0. The number of carbonyl (C=O) groups excluding carboxylic acids is 1. The molecular formula is C13H15F3N2O3. The average Bonchev–Trinajstić information content (AvgIpc) is 2.36. The van der Waals surface area contributed by atoms with Gasteiger partial charge in [-0.2, -0.15) is 13.2 Å². The minimum atomic E-state index is -4.39. The lowest BCUT2D eigenvalue weighted by Gasteiger charge is -2.26. The second-order valence-corrected chi connectivity index (χ2v) is 4.84. The fraction of sp³-hybridized carbons (Fsp3) is 0.462. The molecule has 0 spiro atoms. The van der Waals surface area contributed by atoms with Gasteiger partial charge < -0.3 is 0 Å². The van der Waals surface area contributed by atoms with Gasteiger partial charge in [0.2, 0.25) is 0 Å². The number of hydrogen-bond donors (Lipinski definition) is 0. The number of carbonyl (C=O) groups is 1. The highest BCUT2D eigenvalue weighted by Gasteiger charge is 2.32. The first-order chi connectivity index (χ1) is 9.60. The summed E-state index contributed by atoms with van der Waals surface area (Å²) in [6, 6.07) is 4.33. The third kappa shape index (κ3) is 5.50. The van der Waals surface area contributed by atoms with Gasteiger partial charge >= 0.3 is 6.18 Å². The second kappa shape index (κ2) is 6.66. The van der Waals surface area contributed by atoms with Crippen molar-refractivity contribution >= 4 is 11.5 Å². The van der Waals surface area contributed by atoms with Crippen molar-refractivity contribution < 1.29 is 22.9 Å². The standard InChI is InChI=1S/C13H15F3N2O3/c1-9(2)17(8-13(14,15)16)7-12(19)10-3-5-11(6-4-10)18(20)21/h3-6,9H,7-8H2,1-2H3. The predicted molar refractivity (Wildman–Crippen MR) is 70.2 cm³/mol. The normalized spacial score (nSPS) is 12.0. The number of nitro groups is 1. The van der Waals surface area contributed by atoms with Crippen molar-refractivity contribution in [3.63, 3.8) is 0 Å². The molecule has 0 unspecified atom stereocenters. The van der Waals surface area contributed by atoms with Crippen molar-refractivity contribution in [3.05, 3.63) is 39.9 Å². The quantitative estimate of drug-likeness (QED) is 0.460. The Morgan fingerprint density at radius 1 is 1.29 bits per heavy atom. The Balaban J connectivity index is 2.79. The van der Waals surface area contributed by atoms with Gasteiger partial charge in [-0.1, -0.05) is 0 Å². The van der Waals surface area contributed by atoms with E-state index in [9.17, 15) is 28.1 Å². The molecule has 0 heterocycles. The summed E-state index contributed by atoms with van der Waals surface area (Å²) in [6.45, 7) is 1.56. The van der Waals surface area contributed by atoms with E-state index in [1.165, 1.54) is 12.1 Å². The lowest BCUT2D eigenvalue weighted by atomic mass is 10.1. The number of non-ortho nitro benzene ring substituents is 1. The zero-order valence-corrected chi connectivity index (χ0v) is 11.6. The smallest absolute Gasteiger partial charge is 0.293 e. The number of nitrogens with zero attached hydrogens (tertiary/aromatic N) is 2. The van der Waals surface area contributed by atoms with E-state index in [0.29, 0.717) is 0 Å². The first-order valence-electron chi connectivity index (χ1n) is 6.18. The van der Waals surface area contributed by atoms with Crippen LogP contribution in [0.2, 0.25) is 0 Å². The molecule has 116 valence electrons. The third-order valence-corrected chi connectivity index (χ3v) is 2.86. The van der Waals surface area contributed by atoms with Gasteiger partial charge in [-0.15, -0.1) is 0 Å². The van der Waals surface area contributed by atoms with Gasteiger partial charge in [0.05, 0.1) is 18.0 Å². The maximum absolute atomic E-state index is 12.4. The molecule has 0 saturated carbocycles. The zero-order valence-electron chi connectivity index (χ0n) is 11.6. The SMILES string of the molecule is CC(C)N(CC(=O)c1ccc([N+](=O)[O-])cc1)CC(F)(F)F. The highest BCUT2D eigenvalue weighted by atomic mass is 19.4. The second-order valence-electron chi connectivity index (χ2n) is 4.84. The molecule has 0 aliphatic rings. The Hall–Kier alpha value is -1.96. The van der Waals surface area contributed by atoms with Gasteiger partial charge in [0.25, 0.3) is 5.69 Å². The summed E-state index contributed by atoms with van der Waals surface area (Å²) in [4.78, 5) is 22.8. The molecule has 5 nitrogen and oxygen atoms in total. The van der Waals surface area contributed by atoms with Crippen LogP contribution in [-0.4, -0.2) is 40.9 Å². The molecule has 0 aliphatic heterocycles. The van der Waals surface area contributed by atoms with Crippen molar-refractivity contribution in [2.45, 2.75) is 26.1 Å². The van der Waals surface area contributed by atoms with E-state index < -0.39 is 36.0 Å². The number of ketones is 1. The van der Waals surface area contributed by atoms with E-state index >= 15 is 0 Å². The molecule has 0 aromatic heterocycles. The Morgan fingerprint density at radius 2 is 1.81 bits per heavy atom. The lowest BCUT2D eigenvalue weighted by molar-refractivity contribution is -0.384. The fourth-order valence-corrected chi connectivity index (χ4v) is 1.70. The van der Waals surface area contributed by atoms with E-state index in [1.807, 2.05) is 0 Å². The van der Waals surface area contributed by atoms with E-state index in [2.05, 4.69) is 0 Å². The minimum absolute atomic E-state index is 0.147. The molecule has 0 saturated heterocycles. The molecule has 0 amide bonds. The van der Waals surface area contributed by atoms with Crippen LogP contribution in [0.3, 0.4) is 0 Å². The molecule has 0 fully saturated rings. The molecule has 0 radical (unpaired) electrons. The van der Waals surface area contributed by atoms with E-state index in [0.717, 1.165) is 17.0 Å². The van der Waals surface area contributed by atoms with E-state index in [4.69, 9.17) is 0 Å². The van der Waals surface area contributed by atoms with Crippen molar-refractivity contribution in [3.8, 4) is 0 Å². The van der Waals surface area contributed by atoms with Gasteiger partial charge in [-0.25, -0.2) is 0 Å². The summed E-state index contributed by atoms with van der Waals surface area (Å²) in [6.07, 6.45) is -4.39. The monoisotopic (exact) mass is 304 g/mol. The number of Topliss-reactive ketones (excluding diaryl/α,β-unsaturated/α-hetero) is 1. The third-order valence-electron chi connectivity index (χ3n) is 2.86. The molecule has 21 heavy (non-hydrogen) atoms. The number of rotatable bonds is 6. The van der Waals surface area contributed by atoms with Crippen LogP contribution in [0.5, 0.6) is 0 Å². The Labute approximate surface area is 119 Å². The predicted octanol–water partition coefficient (Wildman–Crippen LogP) is 3.05. The molecule has 1 rings (SSSR count). The van der Waals surface area contributed by atoms with Crippen LogP contribution in [0, 0.1) is 10.1 Å². The fourth-order valence-electron chi connectivity index (χ4n) is 1.70. The van der Waals surface area contributed by atoms with Crippen molar-refractivity contribution in [2.75, 3.05) is 13.1 Å². The van der Waals surface area contributed by atoms with Gasteiger partial charge in [0, 0.05) is 23.7 Å². The Bertz CT molecular complexity index is 512.